The van der Waals surface area contributed by atoms with E-state index in [-0.39, 0.29) is 23.7 Å². The van der Waals surface area contributed by atoms with Crippen LogP contribution in [0.5, 0.6) is 0 Å². The molecule has 1 aromatic carbocycles. The van der Waals surface area contributed by atoms with E-state index >= 15 is 0 Å². The zero-order chi connectivity index (χ0) is 25.2. The number of anilines is 1. The lowest BCUT2D eigenvalue weighted by molar-refractivity contribution is -0.137. The fourth-order valence-corrected chi connectivity index (χ4v) is 4.32. The Labute approximate surface area is 200 Å². The number of alkyl halides is 3. The normalized spacial score (nSPS) is 18.4. The minimum atomic E-state index is -4.46. The van der Waals surface area contributed by atoms with Crippen molar-refractivity contribution in [2.24, 2.45) is 5.92 Å². The Bertz CT molecular complexity index is 1180. The molecule has 0 saturated carbocycles. The topological polar surface area (TPSA) is 71.0 Å². The Hall–Kier alpha value is -3.56. The quantitative estimate of drug-likeness (QED) is 0.491. The molecule has 0 aliphatic carbocycles. The summed E-state index contributed by atoms with van der Waals surface area (Å²) in [4.78, 5) is 27.8. The Morgan fingerprint density at radius 3 is 2.57 bits per heavy atom. The van der Waals surface area contributed by atoms with Gasteiger partial charge in [-0.25, -0.2) is 19.3 Å². The first-order valence-corrected chi connectivity index (χ1v) is 11.3. The minimum Gasteiger partial charge on any atom is -0.368 e. The molecule has 0 bridgehead atoms. The van der Waals surface area contributed by atoms with Crippen molar-refractivity contribution >= 4 is 11.7 Å². The predicted octanol–water partition coefficient (Wildman–Crippen LogP) is 5.36. The Kier molecular flexibility index (Phi) is 7.00. The van der Waals surface area contributed by atoms with Gasteiger partial charge in [0.1, 0.15) is 11.6 Å². The summed E-state index contributed by atoms with van der Waals surface area (Å²) in [6.07, 6.45) is 1.08. The van der Waals surface area contributed by atoms with E-state index < -0.39 is 17.6 Å². The van der Waals surface area contributed by atoms with E-state index in [4.69, 9.17) is 0 Å². The number of likely N-dealkylation sites (tertiary alicyclic amines) is 1. The lowest BCUT2D eigenvalue weighted by Crippen LogP contribution is -2.51. The first kappa shape index (κ1) is 24.6. The molecule has 1 aliphatic rings. The molecule has 6 nitrogen and oxygen atoms in total. The molecule has 0 radical (unpaired) electrons. The van der Waals surface area contributed by atoms with Crippen LogP contribution in [0.1, 0.15) is 41.3 Å². The van der Waals surface area contributed by atoms with Gasteiger partial charge in [-0.2, -0.15) is 13.2 Å². The number of pyridine rings is 1. The van der Waals surface area contributed by atoms with Crippen molar-refractivity contribution in [2.45, 2.75) is 38.9 Å². The van der Waals surface area contributed by atoms with Gasteiger partial charge in [-0.05, 0) is 61.6 Å². The lowest BCUT2D eigenvalue weighted by atomic mass is 9.89. The van der Waals surface area contributed by atoms with Gasteiger partial charge >= 0.3 is 6.18 Å². The highest BCUT2D eigenvalue weighted by Gasteiger charge is 2.34. The van der Waals surface area contributed by atoms with Gasteiger partial charge in [0.05, 0.1) is 17.2 Å². The molecule has 0 spiro atoms. The third kappa shape index (κ3) is 5.41. The number of nitrogens with one attached hydrogen (secondary N) is 1. The first-order valence-electron chi connectivity index (χ1n) is 11.3. The second-order valence-electron chi connectivity index (χ2n) is 8.72. The maximum Gasteiger partial charge on any atom is 0.417 e. The van der Waals surface area contributed by atoms with Gasteiger partial charge in [-0.15, -0.1) is 0 Å². The largest absolute Gasteiger partial charge is 0.417 e. The molecule has 3 heterocycles. The number of carbonyl (C=O) groups excluding carboxylic acids is 1. The van der Waals surface area contributed by atoms with Crippen LogP contribution in [0, 0.1) is 18.7 Å². The van der Waals surface area contributed by atoms with Crippen molar-refractivity contribution in [3.63, 3.8) is 0 Å². The molecular weight excluding hydrogens is 462 g/mol. The fourth-order valence-electron chi connectivity index (χ4n) is 4.32. The zero-order valence-corrected chi connectivity index (χ0v) is 19.3. The summed E-state index contributed by atoms with van der Waals surface area (Å²) in [5.74, 6) is -0.0490. The average molecular weight is 488 g/mol. The van der Waals surface area contributed by atoms with E-state index in [1.54, 1.807) is 17.9 Å². The molecule has 2 aromatic heterocycles. The fraction of sp³-hybridized carbons (Fsp3) is 0.360. The number of carbonyl (C=O) groups is 1. The van der Waals surface area contributed by atoms with Gasteiger partial charge in [-0.3, -0.25) is 4.79 Å². The Balaban J connectivity index is 1.60. The van der Waals surface area contributed by atoms with E-state index in [0.29, 0.717) is 35.6 Å². The number of aryl methyl sites for hydroxylation is 1. The standard InChI is InChI=1S/C25H25F4N5O/c1-15-5-3-10-34(21(15)14-33-22-7-6-17(13-32-22)25(27,28)29)24(35)19-11-16(2)20(26)12-18(19)23-30-8-4-9-31-23/h4,6-9,11-13,15,21H,3,5,10,14H2,1-2H3,(H,32,33)/t15-,21-/m1/s1. The molecule has 2 atom stereocenters. The van der Waals surface area contributed by atoms with Crippen molar-refractivity contribution in [2.75, 3.05) is 18.4 Å². The van der Waals surface area contributed by atoms with Crippen LogP contribution in [-0.4, -0.2) is 44.9 Å². The molecule has 4 rings (SSSR count). The highest BCUT2D eigenvalue weighted by molar-refractivity contribution is 6.00. The van der Waals surface area contributed by atoms with Crippen LogP contribution in [0.2, 0.25) is 0 Å². The molecule has 184 valence electrons. The van der Waals surface area contributed by atoms with Crippen LogP contribution in [0.25, 0.3) is 11.4 Å². The van der Waals surface area contributed by atoms with Crippen molar-refractivity contribution in [1.29, 1.82) is 0 Å². The molecule has 1 amide bonds. The lowest BCUT2D eigenvalue weighted by Gasteiger charge is -2.40. The van der Waals surface area contributed by atoms with Gasteiger partial charge in [-0.1, -0.05) is 6.92 Å². The molecule has 35 heavy (non-hydrogen) atoms. The summed E-state index contributed by atoms with van der Waals surface area (Å²) in [5, 5.41) is 3.07. The summed E-state index contributed by atoms with van der Waals surface area (Å²) in [6, 6.07) is 6.44. The molecule has 10 heteroatoms. The van der Waals surface area contributed by atoms with Crippen molar-refractivity contribution in [1.82, 2.24) is 19.9 Å². The molecule has 3 aromatic rings. The zero-order valence-electron chi connectivity index (χ0n) is 19.3. The summed E-state index contributed by atoms with van der Waals surface area (Å²) >= 11 is 0. The monoisotopic (exact) mass is 487 g/mol. The molecule has 1 N–H and O–H groups in total. The number of hydrogen-bond acceptors (Lipinski definition) is 5. The summed E-state index contributed by atoms with van der Waals surface area (Å²) in [6.45, 7) is 4.43. The number of amides is 1. The number of rotatable bonds is 5. The van der Waals surface area contributed by atoms with Gasteiger partial charge in [0.2, 0.25) is 0 Å². The number of halogens is 4. The van der Waals surface area contributed by atoms with Crippen LogP contribution in [0.4, 0.5) is 23.4 Å². The van der Waals surface area contributed by atoms with Gasteiger partial charge in [0, 0.05) is 37.2 Å². The second kappa shape index (κ2) is 9.97. The first-order chi connectivity index (χ1) is 16.6. The smallest absolute Gasteiger partial charge is 0.368 e. The van der Waals surface area contributed by atoms with Gasteiger partial charge in [0.15, 0.2) is 5.82 Å². The molecule has 0 unspecified atom stereocenters. The number of benzene rings is 1. The predicted molar refractivity (Wildman–Crippen MR) is 123 cm³/mol. The van der Waals surface area contributed by atoms with E-state index in [1.807, 2.05) is 6.92 Å². The SMILES string of the molecule is Cc1cc(C(=O)N2CCC[C@@H](C)[C@H]2CNc2ccc(C(F)(F)F)cn2)c(-c2ncccn2)cc1F. The average Bonchev–Trinajstić information content (AvgIpc) is 2.84. The maximum atomic E-state index is 14.4. The highest BCUT2D eigenvalue weighted by atomic mass is 19.4. The van der Waals surface area contributed by atoms with Crippen LogP contribution >= 0.6 is 0 Å². The minimum absolute atomic E-state index is 0.132. The number of aromatic nitrogens is 3. The van der Waals surface area contributed by atoms with Crippen LogP contribution in [0.15, 0.2) is 48.9 Å². The Morgan fingerprint density at radius 2 is 1.91 bits per heavy atom. The molecule has 1 fully saturated rings. The third-order valence-electron chi connectivity index (χ3n) is 6.30. The number of nitrogens with zero attached hydrogens (tertiary/aromatic N) is 4. The molecule has 1 saturated heterocycles. The van der Waals surface area contributed by atoms with Crippen molar-refractivity contribution < 1.29 is 22.4 Å². The van der Waals surface area contributed by atoms with E-state index in [0.717, 1.165) is 25.1 Å². The molecule has 1 aliphatic heterocycles. The second-order valence-corrected chi connectivity index (χ2v) is 8.72. The van der Waals surface area contributed by atoms with Crippen LogP contribution < -0.4 is 5.32 Å². The summed E-state index contributed by atoms with van der Waals surface area (Å²) < 4.78 is 52.9. The number of hydrogen-bond donors (Lipinski definition) is 1. The van der Waals surface area contributed by atoms with E-state index in [1.165, 1.54) is 30.6 Å². The van der Waals surface area contributed by atoms with Gasteiger partial charge in [0.25, 0.3) is 5.91 Å². The van der Waals surface area contributed by atoms with Crippen LogP contribution in [-0.2, 0) is 6.18 Å². The third-order valence-corrected chi connectivity index (χ3v) is 6.30. The molecular formula is C25H25F4N5O. The van der Waals surface area contributed by atoms with E-state index in [9.17, 15) is 22.4 Å². The van der Waals surface area contributed by atoms with Crippen molar-refractivity contribution in [3.8, 4) is 11.4 Å². The van der Waals surface area contributed by atoms with E-state index in [2.05, 4.69) is 20.3 Å². The number of piperidine rings is 1. The van der Waals surface area contributed by atoms with Gasteiger partial charge < -0.3 is 10.2 Å². The Morgan fingerprint density at radius 1 is 1.17 bits per heavy atom. The van der Waals surface area contributed by atoms with Crippen LogP contribution in [0.3, 0.4) is 0 Å². The van der Waals surface area contributed by atoms with Crippen molar-refractivity contribution in [3.05, 3.63) is 71.4 Å². The summed E-state index contributed by atoms with van der Waals surface area (Å²) in [7, 11) is 0. The summed E-state index contributed by atoms with van der Waals surface area (Å²) in [5.41, 5.74) is 0.129. The maximum absolute atomic E-state index is 14.4. The highest BCUT2D eigenvalue weighted by Crippen LogP contribution is 2.31.